The largest absolute Gasteiger partial charge is 0.356 e. The van der Waals surface area contributed by atoms with Crippen molar-refractivity contribution in [2.24, 2.45) is 11.7 Å². The predicted molar refractivity (Wildman–Crippen MR) is 91.1 cm³/mol. The highest BCUT2D eigenvalue weighted by molar-refractivity contribution is 5.94. The minimum Gasteiger partial charge on any atom is -0.356 e. The maximum Gasteiger partial charge on any atom is 0.253 e. The summed E-state index contributed by atoms with van der Waals surface area (Å²) in [5, 5.41) is 2.96. The first-order valence-electron chi connectivity index (χ1n) is 8.30. The van der Waals surface area contributed by atoms with Gasteiger partial charge in [-0.15, -0.1) is 0 Å². The molecule has 1 aliphatic rings. The van der Waals surface area contributed by atoms with Gasteiger partial charge in [0.25, 0.3) is 5.91 Å². The average Bonchev–Trinajstić information content (AvgIpc) is 2.92. The molecule has 126 valence electrons. The summed E-state index contributed by atoms with van der Waals surface area (Å²) in [7, 11) is 3.48. The van der Waals surface area contributed by atoms with Gasteiger partial charge in [0.15, 0.2) is 0 Å². The Labute approximate surface area is 138 Å². The summed E-state index contributed by atoms with van der Waals surface area (Å²) in [5.74, 6) is 0.398. The van der Waals surface area contributed by atoms with Crippen LogP contribution in [0.25, 0.3) is 0 Å². The second-order valence-corrected chi connectivity index (χ2v) is 6.56. The molecular formula is C18H27N3O2. The first-order chi connectivity index (χ1) is 11.0. The van der Waals surface area contributed by atoms with E-state index in [1.165, 1.54) is 0 Å². The van der Waals surface area contributed by atoms with Crippen LogP contribution in [0, 0.1) is 5.92 Å². The lowest BCUT2D eigenvalue weighted by atomic mass is 10.00. The number of carbonyl (C=O) groups excluding carboxylic acids is 2. The van der Waals surface area contributed by atoms with Crippen LogP contribution in [0.5, 0.6) is 0 Å². The predicted octanol–water partition coefficient (Wildman–Crippen LogP) is 1.56. The monoisotopic (exact) mass is 317 g/mol. The molecule has 1 fully saturated rings. The average molecular weight is 317 g/mol. The Balaban J connectivity index is 1.78. The standard InChI is InChI=1S/C18H27N3O2/c1-21(2)18(23)15-7-3-5-13(11-15)9-10-20-17(22)12-14-6-4-8-16(14)19/h3,5,7,11,14,16H,4,6,8-10,12,19H2,1-2H3,(H,20,22)/t14-,16+/m0/s1. The first-order valence-corrected chi connectivity index (χ1v) is 8.30. The Morgan fingerprint density at radius 2 is 2.09 bits per heavy atom. The van der Waals surface area contributed by atoms with Crippen LogP contribution in [0.1, 0.15) is 41.6 Å². The molecular weight excluding hydrogens is 290 g/mol. The molecule has 5 nitrogen and oxygen atoms in total. The Kier molecular flexibility index (Phi) is 6.16. The number of nitrogens with zero attached hydrogens (tertiary/aromatic N) is 1. The molecule has 0 aliphatic heterocycles. The summed E-state index contributed by atoms with van der Waals surface area (Å²) in [5.41, 5.74) is 7.73. The second kappa shape index (κ2) is 8.11. The summed E-state index contributed by atoms with van der Waals surface area (Å²) >= 11 is 0. The third kappa shape index (κ3) is 5.06. The summed E-state index contributed by atoms with van der Waals surface area (Å²) in [6.45, 7) is 0.584. The summed E-state index contributed by atoms with van der Waals surface area (Å²) in [4.78, 5) is 25.5. The van der Waals surface area contributed by atoms with Crippen LogP contribution in [0.2, 0.25) is 0 Å². The minimum absolute atomic E-state index is 0.00823. The van der Waals surface area contributed by atoms with Crippen molar-refractivity contribution in [2.45, 2.75) is 38.1 Å². The third-order valence-corrected chi connectivity index (χ3v) is 4.48. The second-order valence-electron chi connectivity index (χ2n) is 6.56. The van der Waals surface area contributed by atoms with Crippen LogP contribution >= 0.6 is 0 Å². The molecule has 0 radical (unpaired) electrons. The normalized spacial score (nSPS) is 20.3. The van der Waals surface area contributed by atoms with Crippen molar-refractivity contribution in [1.82, 2.24) is 10.2 Å². The van der Waals surface area contributed by atoms with Gasteiger partial charge in [-0.3, -0.25) is 9.59 Å². The van der Waals surface area contributed by atoms with Crippen LogP contribution < -0.4 is 11.1 Å². The molecule has 1 aliphatic carbocycles. The lowest BCUT2D eigenvalue weighted by Crippen LogP contribution is -2.32. The zero-order valence-electron chi connectivity index (χ0n) is 14.0. The van der Waals surface area contributed by atoms with Crippen molar-refractivity contribution in [3.05, 3.63) is 35.4 Å². The van der Waals surface area contributed by atoms with Crippen LogP contribution in [0.4, 0.5) is 0 Å². The molecule has 0 unspecified atom stereocenters. The fourth-order valence-electron chi connectivity index (χ4n) is 3.09. The molecule has 1 aromatic carbocycles. The highest BCUT2D eigenvalue weighted by Crippen LogP contribution is 2.26. The van der Waals surface area contributed by atoms with Crippen LogP contribution in [-0.2, 0) is 11.2 Å². The van der Waals surface area contributed by atoms with Gasteiger partial charge in [-0.25, -0.2) is 0 Å². The topological polar surface area (TPSA) is 75.4 Å². The van der Waals surface area contributed by atoms with Gasteiger partial charge < -0.3 is 16.0 Å². The number of nitrogens with two attached hydrogens (primary N) is 1. The third-order valence-electron chi connectivity index (χ3n) is 4.48. The van der Waals surface area contributed by atoms with Gasteiger partial charge in [0.05, 0.1) is 0 Å². The van der Waals surface area contributed by atoms with E-state index in [4.69, 9.17) is 5.73 Å². The van der Waals surface area contributed by atoms with Gasteiger partial charge in [-0.05, 0) is 42.9 Å². The maximum atomic E-state index is 12.0. The summed E-state index contributed by atoms with van der Waals surface area (Å²) < 4.78 is 0. The molecule has 3 N–H and O–H groups in total. The maximum absolute atomic E-state index is 12.0. The SMILES string of the molecule is CN(C)C(=O)c1cccc(CCNC(=O)C[C@@H]2CCC[C@H]2N)c1. The van der Waals surface area contributed by atoms with E-state index in [1.54, 1.807) is 19.0 Å². The molecule has 2 rings (SSSR count). The van der Waals surface area contributed by atoms with Gasteiger partial charge >= 0.3 is 0 Å². The van der Waals surface area contributed by atoms with Gasteiger partial charge in [0, 0.05) is 38.7 Å². The molecule has 0 heterocycles. The van der Waals surface area contributed by atoms with E-state index in [0.29, 0.717) is 24.4 Å². The molecule has 2 amide bonds. The van der Waals surface area contributed by atoms with Crippen molar-refractivity contribution in [2.75, 3.05) is 20.6 Å². The Bertz CT molecular complexity index is 557. The van der Waals surface area contributed by atoms with E-state index in [9.17, 15) is 9.59 Å². The number of benzene rings is 1. The molecule has 1 saturated carbocycles. The van der Waals surface area contributed by atoms with Crippen LogP contribution in [0.15, 0.2) is 24.3 Å². The minimum atomic E-state index is -0.00823. The molecule has 0 aromatic heterocycles. The fraction of sp³-hybridized carbons (Fsp3) is 0.556. The van der Waals surface area contributed by atoms with Gasteiger partial charge in [-0.2, -0.15) is 0 Å². The van der Waals surface area contributed by atoms with Crippen LogP contribution in [0.3, 0.4) is 0 Å². The summed E-state index contributed by atoms with van der Waals surface area (Å²) in [6, 6.07) is 7.74. The molecule has 2 atom stereocenters. The molecule has 0 spiro atoms. The fourth-order valence-corrected chi connectivity index (χ4v) is 3.09. The summed E-state index contributed by atoms with van der Waals surface area (Å²) in [6.07, 6.45) is 4.47. The van der Waals surface area contributed by atoms with E-state index >= 15 is 0 Å². The number of hydrogen-bond donors (Lipinski definition) is 2. The van der Waals surface area contributed by atoms with Gasteiger partial charge in [0.1, 0.15) is 0 Å². The zero-order chi connectivity index (χ0) is 16.8. The van der Waals surface area contributed by atoms with E-state index in [1.807, 2.05) is 24.3 Å². The Morgan fingerprint density at radius 3 is 2.74 bits per heavy atom. The molecule has 5 heteroatoms. The van der Waals surface area contributed by atoms with Gasteiger partial charge in [0.2, 0.25) is 5.91 Å². The van der Waals surface area contributed by atoms with E-state index in [-0.39, 0.29) is 17.9 Å². The lowest BCUT2D eigenvalue weighted by molar-refractivity contribution is -0.122. The van der Waals surface area contributed by atoms with Crippen molar-refractivity contribution < 1.29 is 9.59 Å². The Morgan fingerprint density at radius 1 is 1.30 bits per heavy atom. The number of rotatable bonds is 6. The smallest absolute Gasteiger partial charge is 0.253 e. The van der Waals surface area contributed by atoms with Crippen molar-refractivity contribution >= 4 is 11.8 Å². The van der Waals surface area contributed by atoms with E-state index < -0.39 is 0 Å². The number of nitrogens with one attached hydrogen (secondary N) is 1. The Hall–Kier alpha value is -1.88. The highest BCUT2D eigenvalue weighted by Gasteiger charge is 2.25. The number of hydrogen-bond acceptors (Lipinski definition) is 3. The molecule has 0 bridgehead atoms. The van der Waals surface area contributed by atoms with Crippen molar-refractivity contribution in [3.63, 3.8) is 0 Å². The zero-order valence-corrected chi connectivity index (χ0v) is 14.0. The van der Waals surface area contributed by atoms with Crippen molar-refractivity contribution in [3.8, 4) is 0 Å². The number of amides is 2. The number of carbonyl (C=O) groups is 2. The highest BCUT2D eigenvalue weighted by atomic mass is 16.2. The van der Waals surface area contributed by atoms with E-state index in [2.05, 4.69) is 5.32 Å². The van der Waals surface area contributed by atoms with E-state index in [0.717, 1.165) is 31.2 Å². The van der Waals surface area contributed by atoms with Gasteiger partial charge in [-0.1, -0.05) is 18.6 Å². The molecule has 0 saturated heterocycles. The quantitative estimate of drug-likeness (QED) is 0.836. The van der Waals surface area contributed by atoms with Crippen LogP contribution in [-0.4, -0.2) is 43.4 Å². The lowest BCUT2D eigenvalue weighted by Gasteiger charge is -2.15. The molecule has 23 heavy (non-hydrogen) atoms. The molecule has 1 aromatic rings. The van der Waals surface area contributed by atoms with Crippen molar-refractivity contribution in [1.29, 1.82) is 0 Å². The first kappa shape index (κ1) is 17.5.